The molecule has 30 rings (SSSR count). The second kappa shape index (κ2) is 35.6. The molecule has 704 valence electrons. The number of aryl methyl sites for hydroxylation is 2. The van der Waals surface area contributed by atoms with Crippen LogP contribution in [0.5, 0.6) is 0 Å². The first-order chi connectivity index (χ1) is 74.2. The van der Waals surface area contributed by atoms with Crippen LogP contribution in [-0.2, 0) is 0 Å². The molecule has 30 aromatic rings. The van der Waals surface area contributed by atoms with Gasteiger partial charge in [0.25, 0.3) is 0 Å². The molecule has 0 atom stereocenters. The van der Waals surface area contributed by atoms with Crippen molar-refractivity contribution in [3.8, 4) is 66.8 Å². The molecule has 0 spiro atoms. The first-order valence-electron chi connectivity index (χ1n) is 51.3. The highest BCUT2D eigenvalue weighted by atomic mass is 16.3. The van der Waals surface area contributed by atoms with E-state index in [9.17, 15) is 0 Å². The SMILES string of the molecule is Cc1cccc(N(c2ccc(-c3cccc4c3oc3ccccc34)cc2)c2ccc3ccc4c(N(c5ccc(-c6cccc7c6oc6ccccc67)cc5)c5cccc(C)c5)ccc5ccc2c3c54)c1.c1ccc(-c2ccc(N(c3ccc(-c4cccc5c4oc4ccccc45)cc3)c3ccc4ccc5c(N(c6ccc(-c7ccccc7)cc6)c6ccc(-c7cccc8c7oc7ccccc78)cc6)ccc6ccc3c4c65)cc2)cc1. The first-order valence-corrected chi connectivity index (χ1v) is 51.3. The molecule has 8 nitrogen and oxygen atoms in total. The number of nitrogens with zero attached hydrogens (tertiary/aromatic N) is 4. The Morgan fingerprint density at radius 2 is 0.347 bits per heavy atom. The van der Waals surface area contributed by atoms with Crippen LogP contribution in [0.3, 0.4) is 0 Å². The maximum Gasteiger partial charge on any atom is 0.143 e. The molecule has 26 aromatic carbocycles. The van der Waals surface area contributed by atoms with Crippen molar-refractivity contribution in [2.24, 2.45) is 0 Å². The number of para-hydroxylation sites is 8. The predicted molar refractivity (Wildman–Crippen MR) is 630 cm³/mol. The highest BCUT2D eigenvalue weighted by Crippen LogP contribution is 2.54. The van der Waals surface area contributed by atoms with Gasteiger partial charge >= 0.3 is 0 Å². The van der Waals surface area contributed by atoms with Crippen molar-refractivity contribution in [3.63, 3.8) is 0 Å². The van der Waals surface area contributed by atoms with Crippen LogP contribution in [0.25, 0.3) is 219 Å². The van der Waals surface area contributed by atoms with Crippen LogP contribution >= 0.6 is 0 Å². The molecule has 0 aliphatic heterocycles. The Labute approximate surface area is 865 Å². The number of rotatable bonds is 18. The molecule has 4 aromatic heterocycles. The third-order valence-electron chi connectivity index (χ3n) is 30.5. The highest BCUT2D eigenvalue weighted by Gasteiger charge is 2.29. The van der Waals surface area contributed by atoms with E-state index >= 15 is 0 Å². The van der Waals surface area contributed by atoms with E-state index in [2.05, 4.69) is 507 Å². The van der Waals surface area contributed by atoms with Crippen molar-refractivity contribution in [1.82, 2.24) is 0 Å². The fourth-order valence-corrected chi connectivity index (χ4v) is 23.5. The number of hydrogen-bond acceptors (Lipinski definition) is 8. The van der Waals surface area contributed by atoms with Crippen molar-refractivity contribution in [2.45, 2.75) is 13.8 Å². The van der Waals surface area contributed by atoms with Crippen molar-refractivity contribution in [2.75, 3.05) is 19.6 Å². The smallest absolute Gasteiger partial charge is 0.143 e. The van der Waals surface area contributed by atoms with E-state index in [1.165, 1.54) is 98.0 Å². The Balaban J connectivity index is 0.000000142. The predicted octanol–water partition coefficient (Wildman–Crippen LogP) is 41.3. The highest BCUT2D eigenvalue weighted by molar-refractivity contribution is 6.30. The second-order valence-electron chi connectivity index (χ2n) is 39.3. The lowest BCUT2D eigenvalue weighted by Crippen LogP contribution is -2.11. The van der Waals surface area contributed by atoms with Crippen LogP contribution in [0.15, 0.2) is 539 Å². The topological polar surface area (TPSA) is 65.5 Å². The van der Waals surface area contributed by atoms with E-state index in [0.717, 1.165) is 201 Å². The minimum atomic E-state index is 0.894. The summed E-state index contributed by atoms with van der Waals surface area (Å²) in [6.07, 6.45) is 0. The van der Waals surface area contributed by atoms with Crippen LogP contribution in [-0.4, -0.2) is 0 Å². The summed E-state index contributed by atoms with van der Waals surface area (Å²) in [5, 5.41) is 23.5. The Morgan fingerprint density at radius 1 is 0.140 bits per heavy atom. The molecule has 0 aliphatic carbocycles. The lowest BCUT2D eigenvalue weighted by Gasteiger charge is -2.29. The van der Waals surface area contributed by atoms with Gasteiger partial charge in [0, 0.05) is 132 Å². The van der Waals surface area contributed by atoms with E-state index in [0.29, 0.717) is 0 Å². The summed E-state index contributed by atoms with van der Waals surface area (Å²) in [6, 6.07) is 188. The van der Waals surface area contributed by atoms with Gasteiger partial charge in [0.2, 0.25) is 0 Å². The zero-order valence-electron chi connectivity index (χ0n) is 82.1. The summed E-state index contributed by atoms with van der Waals surface area (Å²) in [6.45, 7) is 4.33. The van der Waals surface area contributed by atoms with Crippen molar-refractivity contribution < 1.29 is 17.7 Å². The zero-order chi connectivity index (χ0) is 99.1. The summed E-state index contributed by atoms with van der Waals surface area (Å²) in [4.78, 5) is 9.66. The van der Waals surface area contributed by atoms with Gasteiger partial charge in [-0.3, -0.25) is 0 Å². The molecular formula is C142H92N4O4. The lowest BCUT2D eigenvalue weighted by molar-refractivity contribution is 0.669. The molecular weight excluding hydrogens is 1830 g/mol. The van der Waals surface area contributed by atoms with Crippen LogP contribution in [0.2, 0.25) is 0 Å². The molecule has 0 fully saturated rings. The van der Waals surface area contributed by atoms with Gasteiger partial charge in [-0.2, -0.15) is 0 Å². The summed E-state index contributed by atoms with van der Waals surface area (Å²) < 4.78 is 26.0. The van der Waals surface area contributed by atoms with Gasteiger partial charge in [0.05, 0.1) is 22.7 Å². The molecule has 0 bridgehead atoms. The third kappa shape index (κ3) is 14.7. The van der Waals surface area contributed by atoms with E-state index < -0.39 is 0 Å². The summed E-state index contributed by atoms with van der Waals surface area (Å²) >= 11 is 0. The van der Waals surface area contributed by atoms with E-state index in [1.807, 2.05) is 48.5 Å². The van der Waals surface area contributed by atoms with Crippen molar-refractivity contribution in [1.29, 1.82) is 0 Å². The molecule has 150 heavy (non-hydrogen) atoms. The number of fused-ring (bicyclic) bond motifs is 12. The quantitative estimate of drug-likeness (QED) is 0.0788. The van der Waals surface area contributed by atoms with Gasteiger partial charge in [-0.25, -0.2) is 0 Å². The molecule has 0 saturated carbocycles. The Bertz CT molecular complexity index is 9890. The van der Waals surface area contributed by atoms with Gasteiger partial charge in [-0.15, -0.1) is 0 Å². The molecule has 8 heteroatoms. The van der Waals surface area contributed by atoms with Gasteiger partial charge < -0.3 is 37.3 Å². The zero-order valence-corrected chi connectivity index (χ0v) is 82.1. The van der Waals surface area contributed by atoms with E-state index in [-0.39, 0.29) is 0 Å². The number of hydrogen-bond donors (Lipinski definition) is 0. The molecule has 0 aliphatic rings. The molecule has 0 unspecified atom stereocenters. The van der Waals surface area contributed by atoms with Crippen LogP contribution in [0.4, 0.5) is 68.2 Å². The molecule has 0 amide bonds. The van der Waals surface area contributed by atoms with Crippen LogP contribution in [0.1, 0.15) is 11.1 Å². The minimum Gasteiger partial charge on any atom is -0.455 e. The standard InChI is InChI=1S/C76H48N2O2.C66H44N2O2/c1-3-13-49(14-4-1)51-25-37-57(38-26-51)77(59-41-29-53(30-42-59)61-19-11-21-65-63-17-7-9-23-71(63)79-75(61)65)69-47-35-55-34-46-68-70(48-36-56-33-45-67(69)73(55)74(56)68)78(58-39-27-52(28-40-58)50-15-5-2-6-16-50)60-43-31-54(32-44-60)62-20-12-22-66-64-18-8-10-24-72(64)80-76(62)66;1-41-11-7-13-49(39-41)67(47-31-23-43(24-32-47)51-17-9-19-55-53-15-3-5-21-61(53)69-65(51)55)59-37-29-45-28-36-58-60(38-30-46-27-35-57(59)63(45)64(46)58)68(50-14-8-12-42(2)40-50)48-33-25-44(26-34-48)52-18-10-20-56-54-16-4-6-22-62(54)70-66(52)56/h1-48H;3-40H,1-2H3. The number of furan rings is 4. The second-order valence-corrected chi connectivity index (χ2v) is 39.3. The third-order valence-corrected chi connectivity index (χ3v) is 30.5. The monoisotopic (exact) mass is 1920 g/mol. The Hall–Kier alpha value is -19.8. The van der Waals surface area contributed by atoms with Crippen molar-refractivity contribution >= 4 is 221 Å². The largest absolute Gasteiger partial charge is 0.455 e. The normalized spacial score (nSPS) is 11.8. The van der Waals surface area contributed by atoms with Crippen molar-refractivity contribution in [3.05, 3.63) is 533 Å². The first kappa shape index (κ1) is 86.8. The van der Waals surface area contributed by atoms with Crippen LogP contribution < -0.4 is 19.6 Å². The average Bonchev–Trinajstić information content (AvgIpc) is 1.09. The fourth-order valence-electron chi connectivity index (χ4n) is 23.5. The lowest BCUT2D eigenvalue weighted by atomic mass is 9.91. The number of anilines is 12. The van der Waals surface area contributed by atoms with Crippen LogP contribution in [0, 0.1) is 13.8 Å². The molecule has 0 radical (unpaired) electrons. The summed E-state index contributed by atoms with van der Waals surface area (Å²) in [5.41, 5.74) is 36.1. The maximum atomic E-state index is 6.53. The maximum absolute atomic E-state index is 6.53. The van der Waals surface area contributed by atoms with Gasteiger partial charge in [-0.05, 0) is 258 Å². The summed E-state index contributed by atoms with van der Waals surface area (Å²) in [5.74, 6) is 0. The summed E-state index contributed by atoms with van der Waals surface area (Å²) in [7, 11) is 0. The Kier molecular flexibility index (Phi) is 20.6. The van der Waals surface area contributed by atoms with E-state index in [1.54, 1.807) is 0 Å². The fraction of sp³-hybridized carbons (Fsp3) is 0.0141. The molecule has 4 heterocycles. The molecule has 0 N–H and O–H groups in total. The van der Waals surface area contributed by atoms with Gasteiger partial charge in [0.1, 0.15) is 44.7 Å². The van der Waals surface area contributed by atoms with E-state index in [4.69, 9.17) is 17.7 Å². The van der Waals surface area contributed by atoms with Gasteiger partial charge in [0.15, 0.2) is 0 Å². The van der Waals surface area contributed by atoms with Gasteiger partial charge in [-0.1, -0.05) is 376 Å². The average molecular weight is 1920 g/mol. The Morgan fingerprint density at radius 3 is 0.600 bits per heavy atom. The number of benzene rings is 26. The minimum absolute atomic E-state index is 0.894. The molecule has 0 saturated heterocycles.